The number of para-hydroxylation sites is 2. The van der Waals surface area contributed by atoms with E-state index in [1.165, 1.54) is 10.6 Å². The summed E-state index contributed by atoms with van der Waals surface area (Å²) in [5, 5.41) is 2.87. The van der Waals surface area contributed by atoms with Gasteiger partial charge in [0.2, 0.25) is 10.0 Å². The average molecular weight is 439 g/mol. The van der Waals surface area contributed by atoms with Gasteiger partial charge in [-0.25, -0.2) is 8.42 Å². The Hall–Kier alpha value is -3.32. The van der Waals surface area contributed by atoms with Crippen LogP contribution < -0.4 is 14.4 Å². The molecule has 0 radical (unpaired) electrons. The number of sulfonamides is 1. The van der Waals surface area contributed by atoms with E-state index in [4.69, 9.17) is 4.74 Å². The Kier molecular flexibility index (Phi) is 6.97. The van der Waals surface area contributed by atoms with E-state index in [0.717, 1.165) is 16.8 Å². The van der Waals surface area contributed by atoms with E-state index in [0.29, 0.717) is 23.6 Å². The van der Waals surface area contributed by atoms with Gasteiger partial charge in [0.1, 0.15) is 5.75 Å². The Bertz CT molecular complexity index is 1160. The topological polar surface area (TPSA) is 75.7 Å². The largest absolute Gasteiger partial charge is 0.492 e. The number of amides is 1. The molecule has 0 saturated carbocycles. The monoisotopic (exact) mass is 438 g/mol. The zero-order valence-electron chi connectivity index (χ0n) is 17.8. The molecule has 3 aromatic carbocycles. The molecule has 0 fully saturated rings. The lowest BCUT2D eigenvalue weighted by atomic mass is 10.1. The van der Waals surface area contributed by atoms with Crippen LogP contribution in [0.5, 0.6) is 5.75 Å². The molecule has 0 atom stereocenters. The molecule has 31 heavy (non-hydrogen) atoms. The van der Waals surface area contributed by atoms with Crippen molar-refractivity contribution >= 4 is 27.3 Å². The van der Waals surface area contributed by atoms with Gasteiger partial charge in [-0.3, -0.25) is 9.10 Å². The van der Waals surface area contributed by atoms with Crippen molar-refractivity contribution in [3.05, 3.63) is 89.5 Å². The van der Waals surface area contributed by atoms with Crippen molar-refractivity contribution in [2.24, 2.45) is 0 Å². The molecule has 3 rings (SSSR count). The maximum Gasteiger partial charge on any atom is 0.255 e. The minimum Gasteiger partial charge on any atom is -0.492 e. The smallest absolute Gasteiger partial charge is 0.255 e. The summed E-state index contributed by atoms with van der Waals surface area (Å²) >= 11 is 0. The lowest BCUT2D eigenvalue weighted by molar-refractivity contribution is 0.102. The number of nitrogens with one attached hydrogen (secondary N) is 1. The van der Waals surface area contributed by atoms with Gasteiger partial charge >= 0.3 is 0 Å². The lowest BCUT2D eigenvalue weighted by Crippen LogP contribution is -2.29. The van der Waals surface area contributed by atoms with Gasteiger partial charge in [-0.05, 0) is 61.4 Å². The van der Waals surface area contributed by atoms with E-state index in [1.807, 2.05) is 38.1 Å². The van der Waals surface area contributed by atoms with Gasteiger partial charge in [-0.1, -0.05) is 36.4 Å². The molecule has 0 unspecified atom stereocenters. The highest BCUT2D eigenvalue weighted by Crippen LogP contribution is 2.31. The van der Waals surface area contributed by atoms with Crippen LogP contribution in [0.3, 0.4) is 0 Å². The molecule has 0 aromatic heterocycles. The molecular weight excluding hydrogens is 412 g/mol. The van der Waals surface area contributed by atoms with Crippen LogP contribution in [0.25, 0.3) is 0 Å². The van der Waals surface area contributed by atoms with Crippen LogP contribution in [-0.4, -0.2) is 27.2 Å². The maximum absolute atomic E-state index is 12.5. The van der Waals surface area contributed by atoms with E-state index >= 15 is 0 Å². The standard InChI is InChI=1S/C24H26N2O4S/c1-4-30-23-11-6-5-10-22(23)26(31(3,28)29)17-19-12-14-20(15-13-19)24(27)25-21-9-7-8-18(2)16-21/h5-16H,4,17H2,1-3H3,(H,25,27). The predicted molar refractivity (Wildman–Crippen MR) is 124 cm³/mol. The molecular formula is C24H26N2O4S. The van der Waals surface area contributed by atoms with E-state index in [-0.39, 0.29) is 12.5 Å². The second-order valence-corrected chi connectivity index (χ2v) is 9.10. The Morgan fingerprint density at radius 1 is 1.00 bits per heavy atom. The first-order valence-corrected chi connectivity index (χ1v) is 11.8. The maximum atomic E-state index is 12.5. The SMILES string of the molecule is CCOc1ccccc1N(Cc1ccc(C(=O)Nc2cccc(C)c2)cc1)S(C)(=O)=O. The molecule has 0 aliphatic rings. The Labute approximate surface area is 183 Å². The summed E-state index contributed by atoms with van der Waals surface area (Å²) in [7, 11) is -3.55. The van der Waals surface area contributed by atoms with Gasteiger partial charge in [0, 0.05) is 11.3 Å². The zero-order valence-corrected chi connectivity index (χ0v) is 18.6. The van der Waals surface area contributed by atoms with E-state index in [9.17, 15) is 13.2 Å². The summed E-state index contributed by atoms with van der Waals surface area (Å²) in [5.41, 5.74) is 3.51. The second kappa shape index (κ2) is 9.66. The number of rotatable bonds is 8. The minimum atomic E-state index is -3.55. The molecule has 0 saturated heterocycles. The van der Waals surface area contributed by atoms with E-state index < -0.39 is 10.0 Å². The number of benzene rings is 3. The fourth-order valence-corrected chi connectivity index (χ4v) is 4.07. The highest BCUT2D eigenvalue weighted by molar-refractivity contribution is 7.92. The number of carbonyl (C=O) groups is 1. The summed E-state index contributed by atoms with van der Waals surface area (Å²) in [4.78, 5) is 12.5. The van der Waals surface area contributed by atoms with Crippen LogP contribution in [-0.2, 0) is 16.6 Å². The van der Waals surface area contributed by atoms with E-state index in [2.05, 4.69) is 5.32 Å². The molecule has 0 heterocycles. The molecule has 6 nitrogen and oxygen atoms in total. The Balaban J connectivity index is 1.80. The average Bonchev–Trinajstić information content (AvgIpc) is 2.72. The third-order valence-electron chi connectivity index (χ3n) is 4.65. The quantitative estimate of drug-likeness (QED) is 0.557. The van der Waals surface area contributed by atoms with Gasteiger partial charge in [-0.15, -0.1) is 0 Å². The Morgan fingerprint density at radius 3 is 2.35 bits per heavy atom. The van der Waals surface area contributed by atoms with Crippen LogP contribution in [0.4, 0.5) is 11.4 Å². The van der Waals surface area contributed by atoms with Crippen LogP contribution >= 0.6 is 0 Å². The lowest BCUT2D eigenvalue weighted by Gasteiger charge is -2.24. The van der Waals surface area contributed by atoms with Crippen molar-refractivity contribution in [3.63, 3.8) is 0 Å². The van der Waals surface area contributed by atoms with Crippen molar-refractivity contribution in [1.29, 1.82) is 0 Å². The minimum absolute atomic E-state index is 0.128. The third kappa shape index (κ3) is 5.86. The molecule has 1 N–H and O–H groups in total. The number of hydrogen-bond donors (Lipinski definition) is 1. The summed E-state index contributed by atoms with van der Waals surface area (Å²) in [6, 6.07) is 21.5. The van der Waals surface area contributed by atoms with Crippen molar-refractivity contribution in [1.82, 2.24) is 0 Å². The predicted octanol–water partition coefficient (Wildman–Crippen LogP) is 4.61. The van der Waals surface area contributed by atoms with Crippen LogP contribution in [0, 0.1) is 6.92 Å². The summed E-state index contributed by atoms with van der Waals surface area (Å²) in [5.74, 6) is 0.281. The molecule has 7 heteroatoms. The number of carbonyl (C=O) groups excluding carboxylic acids is 1. The van der Waals surface area contributed by atoms with Crippen molar-refractivity contribution in [3.8, 4) is 5.75 Å². The molecule has 0 aliphatic heterocycles. The van der Waals surface area contributed by atoms with Gasteiger partial charge in [0.25, 0.3) is 5.91 Å². The van der Waals surface area contributed by atoms with Crippen molar-refractivity contribution in [2.75, 3.05) is 22.5 Å². The highest BCUT2D eigenvalue weighted by atomic mass is 32.2. The molecule has 0 spiro atoms. The van der Waals surface area contributed by atoms with Gasteiger partial charge in [0.05, 0.1) is 25.1 Å². The van der Waals surface area contributed by atoms with Crippen LogP contribution in [0.2, 0.25) is 0 Å². The molecule has 162 valence electrons. The highest BCUT2D eigenvalue weighted by Gasteiger charge is 2.21. The fourth-order valence-electron chi connectivity index (χ4n) is 3.18. The van der Waals surface area contributed by atoms with Crippen LogP contribution in [0.15, 0.2) is 72.8 Å². The Morgan fingerprint density at radius 2 is 1.71 bits per heavy atom. The normalized spacial score (nSPS) is 11.1. The number of hydrogen-bond acceptors (Lipinski definition) is 4. The van der Waals surface area contributed by atoms with Gasteiger partial charge < -0.3 is 10.1 Å². The molecule has 0 bridgehead atoms. The first-order valence-electron chi connectivity index (χ1n) is 9.94. The summed E-state index contributed by atoms with van der Waals surface area (Å²) in [6.07, 6.45) is 1.17. The molecule has 1 amide bonds. The van der Waals surface area contributed by atoms with Crippen molar-refractivity contribution in [2.45, 2.75) is 20.4 Å². The van der Waals surface area contributed by atoms with E-state index in [1.54, 1.807) is 48.5 Å². The molecule has 0 aliphatic carbocycles. The number of ether oxygens (including phenoxy) is 1. The first-order chi connectivity index (χ1) is 14.8. The van der Waals surface area contributed by atoms with Gasteiger partial charge in [-0.2, -0.15) is 0 Å². The zero-order chi connectivity index (χ0) is 22.4. The fraction of sp³-hybridized carbons (Fsp3) is 0.208. The third-order valence-corrected chi connectivity index (χ3v) is 5.78. The summed E-state index contributed by atoms with van der Waals surface area (Å²) < 4.78 is 31.9. The second-order valence-electron chi connectivity index (χ2n) is 7.19. The van der Waals surface area contributed by atoms with Crippen LogP contribution in [0.1, 0.15) is 28.4 Å². The first kappa shape index (κ1) is 22.4. The molecule has 3 aromatic rings. The van der Waals surface area contributed by atoms with Gasteiger partial charge in [0.15, 0.2) is 0 Å². The summed E-state index contributed by atoms with van der Waals surface area (Å²) in [6.45, 7) is 4.37. The number of anilines is 2. The number of aryl methyl sites for hydroxylation is 1. The number of nitrogens with zero attached hydrogens (tertiary/aromatic N) is 1. The van der Waals surface area contributed by atoms with Crippen molar-refractivity contribution < 1.29 is 17.9 Å².